The van der Waals surface area contributed by atoms with E-state index in [0.29, 0.717) is 0 Å². The molecule has 0 bridgehead atoms. The van der Waals surface area contributed by atoms with E-state index in [1.54, 1.807) is 29.4 Å². The molecule has 0 aromatic rings. The second-order valence-corrected chi connectivity index (χ2v) is 8.62. The predicted molar refractivity (Wildman–Crippen MR) is 66.1 cm³/mol. The third-order valence-corrected chi connectivity index (χ3v) is 9.32. The summed E-state index contributed by atoms with van der Waals surface area (Å²) in [6.45, 7) is 6.88. The van der Waals surface area contributed by atoms with Gasteiger partial charge in [-0.25, -0.2) is 0 Å². The monoisotopic (exact) mass is 369 g/mol. The number of hydrogen-bond acceptors (Lipinski definition) is 0. The molecule has 0 fully saturated rings. The molecule has 1 aliphatic heterocycles. The molecule has 1 unspecified atom stereocenters. The fourth-order valence-electron chi connectivity index (χ4n) is 1.72. The van der Waals surface area contributed by atoms with Gasteiger partial charge in [0, 0.05) is 11.7 Å². The van der Waals surface area contributed by atoms with Crippen LogP contribution in [0.3, 0.4) is 0 Å². The second-order valence-electron chi connectivity index (χ2n) is 3.62. The molecular formula is C11H15Cl2P2Zr+. The Morgan fingerprint density at radius 1 is 1.19 bits per heavy atom. The molecular weight excluding hydrogens is 356 g/mol. The quantitative estimate of drug-likeness (QED) is 0.488. The van der Waals surface area contributed by atoms with Gasteiger partial charge in [-0.3, -0.25) is 0 Å². The first-order valence-electron chi connectivity index (χ1n) is 4.66. The number of hydrogen-bond donors (Lipinski definition) is 0. The first-order valence-corrected chi connectivity index (χ1v) is 7.90. The summed E-state index contributed by atoms with van der Waals surface area (Å²) < 4.78 is 0. The van der Waals surface area contributed by atoms with Crippen LogP contribution in [0.5, 0.6) is 0 Å². The topological polar surface area (TPSA) is 0 Å². The molecule has 0 nitrogen and oxygen atoms in total. The number of halogens is 2. The molecule has 1 heterocycles. The summed E-state index contributed by atoms with van der Waals surface area (Å²) >= 11 is 0. The van der Waals surface area contributed by atoms with Gasteiger partial charge in [0.05, 0.1) is 10.6 Å². The Kier molecular flexibility index (Phi) is 10.3. The molecule has 0 N–H and O–H groups in total. The van der Waals surface area contributed by atoms with Crippen LogP contribution < -0.4 is 24.8 Å². The zero-order valence-corrected chi connectivity index (χ0v) is 15.5. The van der Waals surface area contributed by atoms with E-state index in [9.17, 15) is 0 Å². The molecule has 86 valence electrons. The van der Waals surface area contributed by atoms with Gasteiger partial charge in [-0.15, -0.1) is 0 Å². The van der Waals surface area contributed by atoms with E-state index in [4.69, 9.17) is 0 Å². The maximum Gasteiger partial charge on any atom is 2.00 e. The van der Waals surface area contributed by atoms with E-state index in [-0.39, 0.29) is 58.6 Å². The van der Waals surface area contributed by atoms with Crippen LogP contribution in [-0.2, 0) is 26.2 Å². The molecule has 1 aliphatic carbocycles. The molecule has 5 heteroatoms. The van der Waals surface area contributed by atoms with Crippen molar-refractivity contribution in [1.29, 1.82) is 0 Å². The molecule has 0 amide bonds. The Hall–Kier alpha value is 1.28. The van der Waals surface area contributed by atoms with Crippen LogP contribution in [0.4, 0.5) is 0 Å². The average Bonchev–Trinajstić information content (AvgIpc) is 2.70. The number of rotatable bonds is 1. The summed E-state index contributed by atoms with van der Waals surface area (Å²) in [7, 11) is 1.26. The van der Waals surface area contributed by atoms with Crippen LogP contribution in [0.25, 0.3) is 0 Å². The Morgan fingerprint density at radius 3 is 2.19 bits per heavy atom. The summed E-state index contributed by atoms with van der Waals surface area (Å²) in [5.41, 5.74) is 1.57. The van der Waals surface area contributed by atoms with Crippen LogP contribution in [0.1, 0.15) is 27.2 Å². The minimum atomic E-state index is -0.351. The third kappa shape index (κ3) is 3.90. The first-order chi connectivity index (χ1) is 6.20. The molecule has 0 radical (unpaired) electrons. The largest absolute Gasteiger partial charge is 2.00 e. The molecule has 16 heavy (non-hydrogen) atoms. The molecule has 1 atom stereocenters. The molecule has 0 aromatic heterocycles. The molecule has 0 aromatic carbocycles. The maximum atomic E-state index is 2.33. The smallest absolute Gasteiger partial charge is 1.00 e. The Labute approximate surface area is 132 Å². The summed E-state index contributed by atoms with van der Waals surface area (Å²) in [5, 5.41) is 4.97. The summed E-state index contributed by atoms with van der Waals surface area (Å²) in [5.74, 6) is 0. The Morgan fingerprint density at radius 2 is 1.81 bits per heavy atom. The van der Waals surface area contributed by atoms with Crippen molar-refractivity contribution in [2.24, 2.45) is 0 Å². The molecule has 0 saturated carbocycles. The van der Waals surface area contributed by atoms with Crippen molar-refractivity contribution in [3.05, 3.63) is 34.4 Å². The Bertz CT molecular complexity index is 370. The van der Waals surface area contributed by atoms with E-state index < -0.39 is 0 Å². The van der Waals surface area contributed by atoms with Gasteiger partial charge in [-0.1, -0.05) is 12.2 Å². The van der Waals surface area contributed by atoms with E-state index >= 15 is 0 Å². The van der Waals surface area contributed by atoms with Crippen LogP contribution in [0, 0.1) is 0 Å². The van der Waals surface area contributed by atoms with Gasteiger partial charge in [0.25, 0.3) is 0 Å². The van der Waals surface area contributed by atoms with Gasteiger partial charge in [0.2, 0.25) is 0 Å². The van der Waals surface area contributed by atoms with Gasteiger partial charge >= 0.3 is 26.2 Å². The fourth-order valence-corrected chi connectivity index (χ4v) is 7.84. The average molecular weight is 371 g/mol. The van der Waals surface area contributed by atoms with Crippen LogP contribution in [-0.4, -0.2) is 5.29 Å². The van der Waals surface area contributed by atoms with Gasteiger partial charge in [0.15, 0.2) is 0 Å². The van der Waals surface area contributed by atoms with Crippen molar-refractivity contribution in [3.63, 3.8) is 0 Å². The number of allylic oxidation sites excluding steroid dienone is 6. The van der Waals surface area contributed by atoms with Gasteiger partial charge in [0.1, 0.15) is 15.5 Å². The van der Waals surface area contributed by atoms with Crippen molar-refractivity contribution in [2.45, 2.75) is 27.2 Å². The van der Waals surface area contributed by atoms with Crippen LogP contribution in [0.15, 0.2) is 34.4 Å². The molecule has 0 saturated heterocycles. The zero-order chi connectivity index (χ0) is 9.42. The third-order valence-electron chi connectivity index (χ3n) is 2.82. The molecule has 2 aliphatic rings. The van der Waals surface area contributed by atoms with E-state index in [0.717, 1.165) is 0 Å². The van der Waals surface area contributed by atoms with Gasteiger partial charge in [-0.2, -0.15) is 0 Å². The summed E-state index contributed by atoms with van der Waals surface area (Å²) in [6, 6.07) is 0. The van der Waals surface area contributed by atoms with E-state index in [1.165, 1.54) is 6.42 Å². The van der Waals surface area contributed by atoms with Crippen LogP contribution in [0.2, 0.25) is 0 Å². The molecule has 0 spiro atoms. The second kappa shape index (κ2) is 8.40. The minimum absolute atomic E-state index is 0. The van der Waals surface area contributed by atoms with Gasteiger partial charge in [-0.05, 0) is 32.4 Å². The van der Waals surface area contributed by atoms with E-state index in [2.05, 4.69) is 39.0 Å². The Balaban J connectivity index is 0. The fraction of sp³-hybridized carbons (Fsp3) is 0.364. The molecule has 2 rings (SSSR count). The van der Waals surface area contributed by atoms with E-state index in [1.807, 2.05) is 0 Å². The maximum absolute atomic E-state index is 2.33. The summed E-state index contributed by atoms with van der Waals surface area (Å²) in [6.07, 6.45) is 8.02. The van der Waals surface area contributed by atoms with Crippen molar-refractivity contribution in [1.82, 2.24) is 0 Å². The van der Waals surface area contributed by atoms with Crippen molar-refractivity contribution >= 4 is 20.8 Å². The first kappa shape index (κ1) is 19.6. The van der Waals surface area contributed by atoms with Crippen molar-refractivity contribution < 1.29 is 51.0 Å². The predicted octanol–water partition coefficient (Wildman–Crippen LogP) is -1.59. The zero-order valence-electron chi connectivity index (χ0n) is 9.64. The standard InChI is InChI=1S/C11H14P2.2ClH.Zr/c1-8-9(2)12-13(10(8)3)11-6-4-5-7-11;;;/h4-6H,7H2,1-3H3;2*1H;/q;;;+2/p-1. The van der Waals surface area contributed by atoms with Crippen molar-refractivity contribution in [3.8, 4) is 0 Å². The van der Waals surface area contributed by atoms with Crippen LogP contribution >= 0.6 is 15.5 Å². The minimum Gasteiger partial charge on any atom is -1.00 e. The van der Waals surface area contributed by atoms with Crippen molar-refractivity contribution in [2.75, 3.05) is 0 Å². The van der Waals surface area contributed by atoms with Gasteiger partial charge < -0.3 is 24.8 Å². The summed E-state index contributed by atoms with van der Waals surface area (Å²) in [4.78, 5) is 0. The SMILES string of the molecule is CC1=P[PH+](C2=CC=CC2)C(C)=C1C.[Cl-].[Cl-].[Zr+2]. The normalized spacial score (nSPS) is 22.8.